The number of carbonyl (C=O) groups excluding carboxylic acids is 2. The highest BCUT2D eigenvalue weighted by Gasteiger charge is 2.48. The summed E-state index contributed by atoms with van der Waals surface area (Å²) in [5, 5.41) is 0. The van der Waals surface area contributed by atoms with E-state index in [0.717, 1.165) is 29.3 Å². The summed E-state index contributed by atoms with van der Waals surface area (Å²) in [5.74, 6) is 0.578. The van der Waals surface area contributed by atoms with E-state index in [-0.39, 0.29) is 31.1 Å². The van der Waals surface area contributed by atoms with Crippen LogP contribution in [0.5, 0.6) is 11.5 Å². The molecule has 2 aliphatic heterocycles. The monoisotopic (exact) mass is 450 g/mol. The van der Waals surface area contributed by atoms with Crippen molar-refractivity contribution in [3.63, 3.8) is 0 Å². The van der Waals surface area contributed by atoms with Gasteiger partial charge in [0.25, 0.3) is 0 Å². The van der Waals surface area contributed by atoms with E-state index in [9.17, 15) is 9.59 Å². The van der Waals surface area contributed by atoms with Gasteiger partial charge in [-0.3, -0.25) is 4.79 Å². The molecule has 2 atom stereocenters. The van der Waals surface area contributed by atoms with E-state index < -0.39 is 13.9 Å². The molecule has 0 spiro atoms. The van der Waals surface area contributed by atoms with Gasteiger partial charge < -0.3 is 23.4 Å². The molecule has 1 aromatic rings. The summed E-state index contributed by atoms with van der Waals surface area (Å²) >= 11 is 0. The predicted molar refractivity (Wildman–Crippen MR) is 118 cm³/mol. The second kappa shape index (κ2) is 9.20. The minimum Gasteiger partial charge on any atom is -0.496 e. The average Bonchev–Trinajstić information content (AvgIpc) is 3.16. The number of benzene rings is 1. The van der Waals surface area contributed by atoms with Crippen molar-refractivity contribution in [1.82, 2.24) is 0 Å². The minimum absolute atomic E-state index is 0.177. The highest BCUT2D eigenvalue weighted by atomic mass is 28.4. The number of hydrogen-bond acceptors (Lipinski definition) is 7. The van der Waals surface area contributed by atoms with Crippen LogP contribution in [-0.4, -0.2) is 46.2 Å². The first kappa shape index (κ1) is 23.6. The maximum absolute atomic E-state index is 12.2. The summed E-state index contributed by atoms with van der Waals surface area (Å²) in [6.45, 7) is 8.75. The molecule has 1 unspecified atom stereocenters. The van der Waals surface area contributed by atoms with Gasteiger partial charge in [0.15, 0.2) is 8.32 Å². The number of methoxy groups -OCH3 is 2. The fraction of sp³-hybridized carbons (Fsp3) is 0.652. The number of rotatable bonds is 9. The molecule has 0 saturated heterocycles. The Balaban J connectivity index is 2.06. The van der Waals surface area contributed by atoms with Crippen molar-refractivity contribution >= 4 is 20.3 Å². The molecule has 0 amide bonds. The van der Waals surface area contributed by atoms with Crippen molar-refractivity contribution in [1.29, 1.82) is 0 Å². The van der Waals surface area contributed by atoms with E-state index in [4.69, 9.17) is 23.4 Å². The van der Waals surface area contributed by atoms with Crippen molar-refractivity contribution in [3.8, 4) is 11.5 Å². The van der Waals surface area contributed by atoms with Crippen LogP contribution in [0.15, 0.2) is 6.07 Å². The molecule has 2 heterocycles. The Labute approximate surface area is 185 Å². The van der Waals surface area contributed by atoms with E-state index in [1.54, 1.807) is 13.2 Å². The summed E-state index contributed by atoms with van der Waals surface area (Å²) in [6, 6.07) is 4.78. The molecular weight excluding hydrogens is 416 g/mol. The zero-order chi connectivity index (χ0) is 22.8. The number of esters is 2. The summed E-state index contributed by atoms with van der Waals surface area (Å²) in [7, 11) is 1.02. The summed E-state index contributed by atoms with van der Waals surface area (Å²) in [5.41, 5.74) is 1.37. The first-order valence-corrected chi connectivity index (χ1v) is 13.6. The first-order valence-electron chi connectivity index (χ1n) is 11.1. The number of ether oxygens (including phenoxy) is 4. The molecule has 0 bridgehead atoms. The quantitative estimate of drug-likeness (QED) is 0.407. The Morgan fingerprint density at radius 3 is 2.45 bits per heavy atom. The minimum atomic E-state index is -1.95. The molecule has 3 rings (SSSR count). The van der Waals surface area contributed by atoms with Crippen LogP contribution in [0.1, 0.15) is 62.0 Å². The fourth-order valence-corrected chi connectivity index (χ4v) is 7.53. The van der Waals surface area contributed by atoms with Crippen LogP contribution in [0.25, 0.3) is 0 Å². The zero-order valence-electron chi connectivity index (χ0n) is 19.5. The molecule has 0 radical (unpaired) electrons. The third-order valence-corrected chi connectivity index (χ3v) is 11.7. The summed E-state index contributed by atoms with van der Waals surface area (Å²) in [6.07, 6.45) is 1.03. The van der Waals surface area contributed by atoms with E-state index in [1.807, 2.05) is 6.92 Å². The Hall–Kier alpha value is -2.06. The number of hydrogen-bond donors (Lipinski definition) is 0. The Morgan fingerprint density at radius 1 is 1.19 bits per heavy atom. The van der Waals surface area contributed by atoms with Gasteiger partial charge in [-0.15, -0.1) is 0 Å². The van der Waals surface area contributed by atoms with Crippen LogP contribution in [-0.2, 0) is 31.7 Å². The smallest absolute Gasteiger partial charge is 0.339 e. The van der Waals surface area contributed by atoms with Gasteiger partial charge in [0.05, 0.1) is 25.9 Å². The second-order valence-electron chi connectivity index (χ2n) is 8.53. The molecule has 1 aromatic carbocycles. The number of cyclic esters (lactones) is 1. The van der Waals surface area contributed by atoms with Crippen molar-refractivity contribution in [2.24, 2.45) is 0 Å². The molecule has 0 N–H and O–H groups in total. The third kappa shape index (κ3) is 4.32. The molecule has 7 nitrogen and oxygen atoms in total. The number of carbonyl (C=O) groups is 2. The molecule has 0 aliphatic carbocycles. The maximum Gasteiger partial charge on any atom is 0.339 e. The van der Waals surface area contributed by atoms with E-state index in [1.165, 1.54) is 7.11 Å². The van der Waals surface area contributed by atoms with Crippen LogP contribution in [0.2, 0.25) is 18.1 Å². The van der Waals surface area contributed by atoms with Crippen LogP contribution in [0, 0.1) is 0 Å². The Kier molecular flexibility index (Phi) is 7.00. The van der Waals surface area contributed by atoms with Crippen molar-refractivity contribution in [3.05, 3.63) is 22.8 Å². The van der Waals surface area contributed by atoms with Crippen molar-refractivity contribution < 1.29 is 33.0 Å². The van der Waals surface area contributed by atoms with E-state index >= 15 is 0 Å². The highest BCUT2D eigenvalue weighted by Crippen LogP contribution is 2.47. The lowest BCUT2D eigenvalue weighted by Crippen LogP contribution is -2.55. The lowest BCUT2D eigenvalue weighted by atomic mass is 9.84. The topological polar surface area (TPSA) is 80.3 Å². The molecule has 8 heteroatoms. The maximum atomic E-state index is 12.2. The Morgan fingerprint density at radius 2 is 1.87 bits per heavy atom. The molecule has 172 valence electrons. The number of fused-ring (bicyclic) bond motifs is 3. The van der Waals surface area contributed by atoms with Gasteiger partial charge in [0.2, 0.25) is 0 Å². The summed E-state index contributed by atoms with van der Waals surface area (Å²) < 4.78 is 29.3. The lowest BCUT2D eigenvalue weighted by molar-refractivity contribution is -0.142. The molecule has 2 aliphatic rings. The average molecular weight is 451 g/mol. The van der Waals surface area contributed by atoms with Crippen LogP contribution in [0.3, 0.4) is 0 Å². The molecular formula is C23H34O7Si. The van der Waals surface area contributed by atoms with Gasteiger partial charge in [-0.1, -0.05) is 20.8 Å². The van der Waals surface area contributed by atoms with Gasteiger partial charge in [0, 0.05) is 24.0 Å². The largest absolute Gasteiger partial charge is 0.496 e. The highest BCUT2D eigenvalue weighted by molar-refractivity contribution is 6.73. The fourth-order valence-electron chi connectivity index (χ4n) is 4.59. The molecule has 0 aromatic heterocycles. The second-order valence-corrected chi connectivity index (χ2v) is 13.3. The third-order valence-electron chi connectivity index (χ3n) is 7.02. The summed E-state index contributed by atoms with van der Waals surface area (Å²) in [4.78, 5) is 24.1. The normalized spacial score (nSPS) is 22.3. The van der Waals surface area contributed by atoms with Crippen LogP contribution >= 0.6 is 0 Å². The molecule has 0 saturated carbocycles. The molecule has 0 fully saturated rings. The van der Waals surface area contributed by atoms with E-state index in [0.29, 0.717) is 29.9 Å². The van der Waals surface area contributed by atoms with Crippen molar-refractivity contribution in [2.45, 2.75) is 83.4 Å². The van der Waals surface area contributed by atoms with Gasteiger partial charge in [-0.05, 0) is 37.5 Å². The van der Waals surface area contributed by atoms with Gasteiger partial charge >= 0.3 is 11.9 Å². The zero-order valence-corrected chi connectivity index (χ0v) is 20.5. The molecule has 31 heavy (non-hydrogen) atoms. The van der Waals surface area contributed by atoms with Crippen molar-refractivity contribution in [2.75, 3.05) is 14.2 Å². The van der Waals surface area contributed by atoms with Crippen LogP contribution in [0.4, 0.5) is 0 Å². The van der Waals surface area contributed by atoms with Crippen LogP contribution < -0.4 is 9.47 Å². The first-order chi connectivity index (χ1) is 14.8. The lowest BCUT2D eigenvalue weighted by Gasteiger charge is -2.46. The SMILES string of the molecule is CC[Si](CC)(CC)OC1Cc2c(OC)cc3c(c2O[C@@]1(C)CCC(=O)OC)COC3=O. The van der Waals surface area contributed by atoms with Gasteiger partial charge in [-0.25, -0.2) is 4.79 Å². The van der Waals surface area contributed by atoms with Gasteiger partial charge in [-0.2, -0.15) is 0 Å². The van der Waals surface area contributed by atoms with Gasteiger partial charge in [0.1, 0.15) is 23.7 Å². The predicted octanol–water partition coefficient (Wildman–Crippen LogP) is 4.40. The Bertz CT molecular complexity index is 841. The standard InChI is InChI=1S/C23H34O7Si/c1-7-31(8-2,9-3)30-19-13-16-18(26-5)12-15-17(14-28-22(15)25)21(16)29-23(19,4)11-10-20(24)27-6/h12,19H,7-11,13-14H2,1-6H3/t19?,23-/m0/s1. The van der Waals surface area contributed by atoms with E-state index in [2.05, 4.69) is 20.8 Å².